The van der Waals surface area contributed by atoms with Crippen molar-refractivity contribution in [1.29, 1.82) is 5.26 Å². The summed E-state index contributed by atoms with van der Waals surface area (Å²) in [4.78, 5) is 12.0. The topological polar surface area (TPSA) is 52.9 Å². The summed E-state index contributed by atoms with van der Waals surface area (Å²) in [6.07, 6.45) is 0. The van der Waals surface area contributed by atoms with Crippen molar-refractivity contribution in [1.82, 2.24) is 5.32 Å². The number of carbonyl (C=O) groups is 1. The highest BCUT2D eigenvalue weighted by molar-refractivity contribution is 6.35. The van der Waals surface area contributed by atoms with Gasteiger partial charge in [-0.15, -0.1) is 0 Å². The second kappa shape index (κ2) is 5.60. The number of carbonyl (C=O) groups excluding carboxylic acids is 1. The fraction of sp³-hybridized carbons (Fsp3) is 0.385. The van der Waals surface area contributed by atoms with Gasteiger partial charge in [-0.3, -0.25) is 4.79 Å². The number of nitriles is 1. The molecule has 1 aromatic rings. The van der Waals surface area contributed by atoms with Gasteiger partial charge in [-0.1, -0.05) is 37.0 Å². The molecule has 1 amide bonds. The molecule has 0 saturated carbocycles. The highest BCUT2D eigenvalue weighted by Crippen LogP contribution is 2.21. The number of hydrogen-bond acceptors (Lipinski definition) is 2. The van der Waals surface area contributed by atoms with Crippen molar-refractivity contribution in [3.05, 3.63) is 33.8 Å². The maximum atomic E-state index is 12.0. The van der Waals surface area contributed by atoms with Crippen LogP contribution in [0.2, 0.25) is 10.0 Å². The summed E-state index contributed by atoms with van der Waals surface area (Å²) >= 11 is 11.7. The van der Waals surface area contributed by atoms with Gasteiger partial charge in [0, 0.05) is 15.6 Å². The molecule has 1 rings (SSSR count). The third-order valence-electron chi connectivity index (χ3n) is 2.88. The van der Waals surface area contributed by atoms with E-state index in [9.17, 15) is 4.79 Å². The predicted molar refractivity (Wildman–Crippen MR) is 72.8 cm³/mol. The molecule has 0 bridgehead atoms. The van der Waals surface area contributed by atoms with Crippen LogP contribution in [0, 0.1) is 17.2 Å². The maximum Gasteiger partial charge on any atom is 0.252 e. The van der Waals surface area contributed by atoms with E-state index >= 15 is 0 Å². The monoisotopic (exact) mass is 284 g/mol. The van der Waals surface area contributed by atoms with Crippen LogP contribution in [0.4, 0.5) is 0 Å². The molecule has 5 heteroatoms. The van der Waals surface area contributed by atoms with Gasteiger partial charge in [0.05, 0.1) is 6.07 Å². The Morgan fingerprint density at radius 2 is 1.83 bits per heavy atom. The smallest absolute Gasteiger partial charge is 0.252 e. The maximum absolute atomic E-state index is 12.0. The van der Waals surface area contributed by atoms with Crippen molar-refractivity contribution in [2.45, 2.75) is 26.3 Å². The first-order valence-electron chi connectivity index (χ1n) is 5.48. The first-order chi connectivity index (χ1) is 8.28. The summed E-state index contributed by atoms with van der Waals surface area (Å²) in [5.74, 6) is -0.377. The molecule has 18 heavy (non-hydrogen) atoms. The third kappa shape index (κ3) is 3.38. The van der Waals surface area contributed by atoms with E-state index in [4.69, 9.17) is 28.5 Å². The Bertz CT molecular complexity index is 488. The van der Waals surface area contributed by atoms with E-state index in [1.807, 2.05) is 13.8 Å². The van der Waals surface area contributed by atoms with Crippen LogP contribution in [-0.4, -0.2) is 11.4 Å². The summed E-state index contributed by atoms with van der Waals surface area (Å²) in [5, 5.41) is 12.6. The van der Waals surface area contributed by atoms with Crippen LogP contribution in [0.25, 0.3) is 0 Å². The lowest BCUT2D eigenvalue weighted by Gasteiger charge is -2.27. The van der Waals surface area contributed by atoms with Crippen LogP contribution in [0.1, 0.15) is 31.1 Å². The lowest BCUT2D eigenvalue weighted by atomic mass is 9.90. The number of halogens is 2. The Kier molecular flexibility index (Phi) is 4.61. The number of rotatable bonds is 3. The molecule has 1 atom stereocenters. The lowest BCUT2D eigenvalue weighted by Crippen LogP contribution is -2.48. The molecule has 1 unspecified atom stereocenters. The molecule has 0 aromatic heterocycles. The van der Waals surface area contributed by atoms with E-state index in [2.05, 4.69) is 11.4 Å². The predicted octanol–water partition coefficient (Wildman–Crippen LogP) is 3.66. The van der Waals surface area contributed by atoms with Gasteiger partial charge < -0.3 is 5.32 Å². The van der Waals surface area contributed by atoms with Gasteiger partial charge >= 0.3 is 0 Å². The molecule has 0 aliphatic carbocycles. The normalized spacial score (nSPS) is 13.8. The molecule has 0 spiro atoms. The van der Waals surface area contributed by atoms with E-state index in [0.29, 0.717) is 15.6 Å². The van der Waals surface area contributed by atoms with E-state index in [0.717, 1.165) is 0 Å². The van der Waals surface area contributed by atoms with Gasteiger partial charge in [0.1, 0.15) is 5.54 Å². The number of hydrogen-bond donors (Lipinski definition) is 1. The zero-order chi connectivity index (χ0) is 13.9. The quantitative estimate of drug-likeness (QED) is 0.921. The zero-order valence-corrected chi connectivity index (χ0v) is 11.9. The molecule has 0 aliphatic heterocycles. The summed E-state index contributed by atoms with van der Waals surface area (Å²) in [7, 11) is 0. The Labute approximate surface area is 117 Å². The van der Waals surface area contributed by atoms with E-state index in [1.165, 1.54) is 12.1 Å². The first kappa shape index (κ1) is 14.8. The van der Waals surface area contributed by atoms with Gasteiger partial charge in [0.2, 0.25) is 0 Å². The number of amides is 1. The fourth-order valence-corrected chi connectivity index (χ4v) is 1.82. The van der Waals surface area contributed by atoms with Crippen molar-refractivity contribution >= 4 is 29.1 Å². The van der Waals surface area contributed by atoms with Gasteiger partial charge in [0.25, 0.3) is 5.91 Å². The van der Waals surface area contributed by atoms with Crippen LogP contribution in [0.15, 0.2) is 18.2 Å². The molecule has 0 saturated heterocycles. The number of benzene rings is 1. The minimum Gasteiger partial charge on any atom is -0.334 e. The highest BCUT2D eigenvalue weighted by atomic mass is 35.5. The summed E-state index contributed by atoms with van der Waals surface area (Å²) in [6, 6.07) is 6.69. The van der Waals surface area contributed by atoms with Crippen molar-refractivity contribution in [2.75, 3.05) is 0 Å². The second-order valence-corrected chi connectivity index (χ2v) is 5.45. The van der Waals surface area contributed by atoms with Gasteiger partial charge in [-0.25, -0.2) is 0 Å². The average Bonchev–Trinajstić information content (AvgIpc) is 2.27. The summed E-state index contributed by atoms with van der Waals surface area (Å²) < 4.78 is 0. The highest BCUT2D eigenvalue weighted by Gasteiger charge is 2.30. The molecule has 0 heterocycles. The SMILES string of the molecule is CC(C)C(C)(C#N)NC(=O)c1cc(Cl)cc(Cl)c1. The molecule has 3 nitrogen and oxygen atoms in total. The molecule has 1 aromatic carbocycles. The standard InChI is InChI=1S/C13H14Cl2N2O/c1-8(2)13(3,7-16)17-12(18)9-4-10(14)6-11(15)5-9/h4-6,8H,1-3H3,(H,17,18). The zero-order valence-electron chi connectivity index (χ0n) is 10.4. The third-order valence-corrected chi connectivity index (χ3v) is 3.32. The van der Waals surface area contributed by atoms with E-state index < -0.39 is 5.54 Å². The van der Waals surface area contributed by atoms with E-state index in [-0.39, 0.29) is 11.8 Å². The molecular formula is C13H14Cl2N2O. The Morgan fingerprint density at radius 1 is 1.33 bits per heavy atom. The second-order valence-electron chi connectivity index (χ2n) is 4.58. The number of nitrogens with one attached hydrogen (secondary N) is 1. The van der Waals surface area contributed by atoms with Crippen LogP contribution in [0.5, 0.6) is 0 Å². The van der Waals surface area contributed by atoms with Crippen LogP contribution in [0.3, 0.4) is 0 Å². The lowest BCUT2D eigenvalue weighted by molar-refractivity contribution is 0.0908. The summed E-state index contributed by atoms with van der Waals surface area (Å²) in [6.45, 7) is 5.42. The van der Waals surface area contributed by atoms with E-state index in [1.54, 1.807) is 13.0 Å². The van der Waals surface area contributed by atoms with Crippen LogP contribution in [-0.2, 0) is 0 Å². The van der Waals surface area contributed by atoms with Crippen LogP contribution < -0.4 is 5.32 Å². The number of nitrogens with zero attached hydrogens (tertiary/aromatic N) is 1. The molecule has 0 radical (unpaired) electrons. The largest absolute Gasteiger partial charge is 0.334 e. The minimum atomic E-state index is -0.925. The molecule has 0 aliphatic rings. The van der Waals surface area contributed by atoms with Crippen molar-refractivity contribution in [3.63, 3.8) is 0 Å². The Morgan fingerprint density at radius 3 is 2.22 bits per heavy atom. The van der Waals surface area contributed by atoms with Crippen molar-refractivity contribution < 1.29 is 4.79 Å². The molecule has 1 N–H and O–H groups in total. The molecule has 96 valence electrons. The molecule has 0 fully saturated rings. The fourth-order valence-electron chi connectivity index (χ4n) is 1.29. The first-order valence-corrected chi connectivity index (χ1v) is 6.24. The Balaban J connectivity index is 2.99. The summed E-state index contributed by atoms with van der Waals surface area (Å²) in [5.41, 5.74) is -0.582. The van der Waals surface area contributed by atoms with Crippen molar-refractivity contribution in [3.8, 4) is 6.07 Å². The Hall–Kier alpha value is -1.24. The van der Waals surface area contributed by atoms with Crippen LogP contribution >= 0.6 is 23.2 Å². The van der Waals surface area contributed by atoms with Gasteiger partial charge in [0.15, 0.2) is 0 Å². The van der Waals surface area contributed by atoms with Gasteiger partial charge in [-0.05, 0) is 31.0 Å². The van der Waals surface area contributed by atoms with Crippen molar-refractivity contribution in [2.24, 2.45) is 5.92 Å². The van der Waals surface area contributed by atoms with Gasteiger partial charge in [-0.2, -0.15) is 5.26 Å². The average molecular weight is 285 g/mol. The minimum absolute atomic E-state index is 0.0129. The molecular weight excluding hydrogens is 271 g/mol.